The summed E-state index contributed by atoms with van der Waals surface area (Å²) in [5.74, 6) is -0.238. The van der Waals surface area contributed by atoms with Gasteiger partial charge in [0.1, 0.15) is 5.82 Å². The highest BCUT2D eigenvalue weighted by molar-refractivity contribution is 5.83. The molecule has 2 aromatic carbocycles. The second-order valence-corrected chi connectivity index (χ2v) is 6.80. The fraction of sp³-hybridized carbons (Fsp3) is 0.190. The Balaban J connectivity index is 1.68. The average molecular weight is 316 g/mol. The predicted molar refractivity (Wildman–Crippen MR) is 93.3 cm³/mol. The number of fused-ring (bicyclic) bond motifs is 3. The van der Waals surface area contributed by atoms with Crippen LogP contribution in [0.1, 0.15) is 35.2 Å². The molecule has 1 saturated carbocycles. The monoisotopic (exact) mass is 316 g/mol. The average Bonchev–Trinajstić information content (AvgIpc) is 3.30. The standard InChI is InChI=1S/C21H17FN2/c22-18-6-3-11-24-20(18)21(9-10-21)17-8-7-15-14-5-2-1-4-13(14)12-16(15)19(17)23/h1-8,11H,9-10,12,23H2. The number of hydrogen-bond donors (Lipinski definition) is 1. The number of halogens is 1. The van der Waals surface area contributed by atoms with E-state index in [1.165, 1.54) is 28.3 Å². The predicted octanol–water partition coefficient (Wildman–Crippen LogP) is 4.45. The molecule has 3 heteroatoms. The number of nitrogens with zero attached hydrogens (tertiary/aromatic N) is 1. The van der Waals surface area contributed by atoms with E-state index in [4.69, 9.17) is 5.73 Å². The van der Waals surface area contributed by atoms with Gasteiger partial charge in [0.05, 0.1) is 5.69 Å². The van der Waals surface area contributed by atoms with Crippen molar-refractivity contribution in [1.82, 2.24) is 4.98 Å². The van der Waals surface area contributed by atoms with Crippen LogP contribution in [-0.2, 0) is 11.8 Å². The molecule has 24 heavy (non-hydrogen) atoms. The lowest BCUT2D eigenvalue weighted by molar-refractivity contribution is 0.580. The molecule has 1 heterocycles. The summed E-state index contributed by atoms with van der Waals surface area (Å²) >= 11 is 0. The number of rotatable bonds is 2. The Morgan fingerprint density at radius 3 is 2.58 bits per heavy atom. The van der Waals surface area contributed by atoms with Gasteiger partial charge in [-0.15, -0.1) is 0 Å². The van der Waals surface area contributed by atoms with Gasteiger partial charge in [-0.2, -0.15) is 0 Å². The van der Waals surface area contributed by atoms with Gasteiger partial charge in [0, 0.05) is 23.7 Å². The molecule has 1 aromatic heterocycles. The summed E-state index contributed by atoms with van der Waals surface area (Å²) in [4.78, 5) is 4.33. The molecule has 0 amide bonds. The summed E-state index contributed by atoms with van der Waals surface area (Å²) < 4.78 is 14.3. The third-order valence-corrected chi connectivity index (χ3v) is 5.51. The molecule has 0 bridgehead atoms. The topological polar surface area (TPSA) is 38.9 Å². The number of anilines is 1. The maximum Gasteiger partial charge on any atom is 0.145 e. The number of benzene rings is 2. The third kappa shape index (κ3) is 1.72. The molecule has 2 aliphatic carbocycles. The van der Waals surface area contributed by atoms with Crippen molar-refractivity contribution in [3.05, 3.63) is 82.9 Å². The fourth-order valence-corrected chi connectivity index (χ4v) is 4.15. The highest BCUT2D eigenvalue weighted by atomic mass is 19.1. The van der Waals surface area contributed by atoms with Crippen LogP contribution in [0.2, 0.25) is 0 Å². The Labute approximate surface area is 140 Å². The summed E-state index contributed by atoms with van der Waals surface area (Å²) in [6, 6.07) is 15.8. The number of hydrogen-bond acceptors (Lipinski definition) is 2. The van der Waals surface area contributed by atoms with Gasteiger partial charge in [-0.1, -0.05) is 36.4 Å². The molecule has 0 unspecified atom stereocenters. The number of nitrogen functional groups attached to an aromatic ring is 1. The van der Waals surface area contributed by atoms with Gasteiger partial charge in [-0.3, -0.25) is 4.98 Å². The Bertz CT molecular complexity index is 973. The second-order valence-electron chi connectivity index (χ2n) is 6.80. The molecule has 0 atom stereocenters. The van der Waals surface area contributed by atoms with Crippen molar-refractivity contribution < 1.29 is 4.39 Å². The van der Waals surface area contributed by atoms with E-state index >= 15 is 0 Å². The van der Waals surface area contributed by atoms with E-state index in [0.29, 0.717) is 5.69 Å². The summed E-state index contributed by atoms with van der Waals surface area (Å²) in [7, 11) is 0. The maximum absolute atomic E-state index is 14.3. The lowest BCUT2D eigenvalue weighted by atomic mass is 9.87. The normalized spacial score (nSPS) is 16.5. The quantitative estimate of drug-likeness (QED) is 0.555. The van der Waals surface area contributed by atoms with Gasteiger partial charge in [0.15, 0.2) is 0 Å². The summed E-state index contributed by atoms with van der Waals surface area (Å²) in [6.45, 7) is 0. The Hall–Kier alpha value is -2.68. The van der Waals surface area contributed by atoms with E-state index in [0.717, 1.165) is 30.5 Å². The molecule has 3 aromatic rings. The zero-order valence-corrected chi connectivity index (χ0v) is 13.2. The van der Waals surface area contributed by atoms with E-state index in [9.17, 15) is 4.39 Å². The first-order valence-electron chi connectivity index (χ1n) is 8.32. The van der Waals surface area contributed by atoms with Crippen molar-refractivity contribution in [3.8, 4) is 11.1 Å². The highest BCUT2D eigenvalue weighted by Crippen LogP contribution is 2.56. The minimum absolute atomic E-state index is 0.238. The molecule has 1 fully saturated rings. The van der Waals surface area contributed by atoms with Gasteiger partial charge in [-0.25, -0.2) is 4.39 Å². The van der Waals surface area contributed by atoms with Crippen LogP contribution in [0.5, 0.6) is 0 Å². The Morgan fingerprint density at radius 2 is 1.79 bits per heavy atom. The molecule has 2 N–H and O–H groups in total. The minimum Gasteiger partial charge on any atom is -0.398 e. The summed E-state index contributed by atoms with van der Waals surface area (Å²) in [6.07, 6.45) is 4.32. The van der Waals surface area contributed by atoms with E-state index in [2.05, 4.69) is 41.4 Å². The van der Waals surface area contributed by atoms with Crippen LogP contribution in [0.25, 0.3) is 11.1 Å². The molecule has 0 radical (unpaired) electrons. The van der Waals surface area contributed by atoms with Gasteiger partial charge >= 0.3 is 0 Å². The Morgan fingerprint density at radius 1 is 0.958 bits per heavy atom. The van der Waals surface area contributed by atoms with Crippen molar-refractivity contribution in [2.45, 2.75) is 24.7 Å². The molecule has 118 valence electrons. The first-order chi connectivity index (χ1) is 11.7. The van der Waals surface area contributed by atoms with Gasteiger partial charge in [0.2, 0.25) is 0 Å². The van der Waals surface area contributed by atoms with Crippen molar-refractivity contribution in [2.24, 2.45) is 0 Å². The lowest BCUT2D eigenvalue weighted by Gasteiger charge is -2.20. The van der Waals surface area contributed by atoms with Crippen LogP contribution in [0.15, 0.2) is 54.7 Å². The number of nitrogens with two attached hydrogens (primary N) is 1. The maximum atomic E-state index is 14.3. The largest absolute Gasteiger partial charge is 0.398 e. The smallest absolute Gasteiger partial charge is 0.145 e. The molecular formula is C21H17FN2. The van der Waals surface area contributed by atoms with Crippen molar-refractivity contribution in [3.63, 3.8) is 0 Å². The summed E-state index contributed by atoms with van der Waals surface area (Å²) in [5.41, 5.74) is 13.6. The minimum atomic E-state index is -0.348. The van der Waals surface area contributed by atoms with E-state index in [1.807, 2.05) is 0 Å². The molecule has 2 aliphatic rings. The zero-order valence-electron chi connectivity index (χ0n) is 13.2. The van der Waals surface area contributed by atoms with Gasteiger partial charge in [-0.05, 0) is 52.8 Å². The van der Waals surface area contributed by atoms with Crippen LogP contribution in [0.4, 0.5) is 10.1 Å². The molecular weight excluding hydrogens is 299 g/mol. The zero-order chi connectivity index (χ0) is 16.3. The molecule has 0 aliphatic heterocycles. The number of pyridine rings is 1. The van der Waals surface area contributed by atoms with E-state index in [-0.39, 0.29) is 11.2 Å². The second kappa shape index (κ2) is 4.67. The highest BCUT2D eigenvalue weighted by Gasteiger charge is 2.50. The van der Waals surface area contributed by atoms with E-state index in [1.54, 1.807) is 12.3 Å². The first-order valence-corrected chi connectivity index (χ1v) is 8.32. The lowest BCUT2D eigenvalue weighted by Crippen LogP contribution is -2.16. The van der Waals surface area contributed by atoms with Gasteiger partial charge < -0.3 is 5.73 Å². The van der Waals surface area contributed by atoms with Crippen LogP contribution in [-0.4, -0.2) is 4.98 Å². The summed E-state index contributed by atoms with van der Waals surface area (Å²) in [5, 5.41) is 0. The molecule has 0 saturated heterocycles. The SMILES string of the molecule is Nc1c(C2(c3ncccc3F)CC2)ccc2c1Cc1ccccc1-2. The van der Waals surface area contributed by atoms with Crippen molar-refractivity contribution in [2.75, 3.05) is 5.73 Å². The number of aromatic nitrogens is 1. The molecule has 2 nitrogen and oxygen atoms in total. The van der Waals surface area contributed by atoms with Crippen LogP contribution in [0.3, 0.4) is 0 Å². The van der Waals surface area contributed by atoms with Gasteiger partial charge in [0.25, 0.3) is 0 Å². The molecule has 5 rings (SSSR count). The fourth-order valence-electron chi connectivity index (χ4n) is 4.15. The first kappa shape index (κ1) is 13.7. The van der Waals surface area contributed by atoms with E-state index < -0.39 is 0 Å². The van der Waals surface area contributed by atoms with Crippen LogP contribution >= 0.6 is 0 Å². The van der Waals surface area contributed by atoms with Crippen molar-refractivity contribution >= 4 is 5.69 Å². The van der Waals surface area contributed by atoms with Crippen LogP contribution in [0, 0.1) is 5.82 Å². The molecule has 0 spiro atoms. The Kier molecular flexibility index (Phi) is 2.67. The van der Waals surface area contributed by atoms with Crippen molar-refractivity contribution in [1.29, 1.82) is 0 Å². The third-order valence-electron chi connectivity index (χ3n) is 5.51. The van der Waals surface area contributed by atoms with Crippen LogP contribution < -0.4 is 5.73 Å².